The van der Waals surface area contributed by atoms with Gasteiger partial charge in [-0.1, -0.05) is 17.7 Å². The molecule has 0 radical (unpaired) electrons. The van der Waals surface area contributed by atoms with Gasteiger partial charge in [-0.3, -0.25) is 0 Å². The molecular formula is C19H23ClIN3O3. The van der Waals surface area contributed by atoms with Crippen LogP contribution in [0.25, 0.3) is 0 Å². The Hall–Kier alpha value is -1.87. The van der Waals surface area contributed by atoms with Gasteiger partial charge in [0.1, 0.15) is 5.75 Å². The molecule has 0 unspecified atom stereocenters. The number of hydrogen-bond donors (Lipinski definition) is 2. The average Bonchev–Trinajstić information content (AvgIpc) is 2.86. The summed E-state index contributed by atoms with van der Waals surface area (Å²) in [5, 5.41) is 3.70. The van der Waals surface area contributed by atoms with Crippen molar-refractivity contribution < 1.29 is 14.2 Å². The lowest BCUT2D eigenvalue weighted by Crippen LogP contribution is -2.22. The van der Waals surface area contributed by atoms with Crippen LogP contribution in [0, 0.1) is 0 Å². The van der Waals surface area contributed by atoms with E-state index >= 15 is 0 Å². The largest absolute Gasteiger partial charge is 0.493 e. The van der Waals surface area contributed by atoms with Crippen molar-refractivity contribution in [3.63, 3.8) is 0 Å². The zero-order valence-corrected chi connectivity index (χ0v) is 18.1. The summed E-state index contributed by atoms with van der Waals surface area (Å²) < 4.78 is 16.9. The van der Waals surface area contributed by atoms with Crippen LogP contribution in [0.15, 0.2) is 41.4 Å². The number of hydrogen-bond acceptors (Lipinski definition) is 4. The van der Waals surface area contributed by atoms with E-state index in [4.69, 9.17) is 31.5 Å². The molecule has 0 atom stereocenters. The number of nitrogens with two attached hydrogens (primary N) is 1. The fourth-order valence-electron chi connectivity index (χ4n) is 2.55. The third-order valence-electron chi connectivity index (χ3n) is 3.77. The van der Waals surface area contributed by atoms with Crippen LogP contribution in [-0.4, -0.2) is 25.8 Å². The first-order valence-electron chi connectivity index (χ1n) is 8.53. The number of ether oxygens (including phenoxy) is 3. The molecule has 0 bridgehead atoms. The van der Waals surface area contributed by atoms with Crippen LogP contribution in [0.3, 0.4) is 0 Å². The maximum Gasteiger partial charge on any atom is 0.193 e. The molecule has 2 aromatic rings. The average molecular weight is 504 g/mol. The first kappa shape index (κ1) is 21.4. The van der Waals surface area contributed by atoms with Crippen molar-refractivity contribution in [1.82, 2.24) is 0 Å². The van der Waals surface area contributed by atoms with Gasteiger partial charge in [-0.25, -0.2) is 4.99 Å². The van der Waals surface area contributed by atoms with Gasteiger partial charge in [0.25, 0.3) is 0 Å². The topological polar surface area (TPSA) is 78.1 Å². The van der Waals surface area contributed by atoms with Crippen LogP contribution in [-0.2, 0) is 6.54 Å². The van der Waals surface area contributed by atoms with Crippen molar-refractivity contribution in [2.24, 2.45) is 10.7 Å². The van der Waals surface area contributed by atoms with E-state index in [-0.39, 0.29) is 24.0 Å². The van der Waals surface area contributed by atoms with E-state index in [0.717, 1.165) is 23.4 Å². The highest BCUT2D eigenvalue weighted by Crippen LogP contribution is 2.32. The summed E-state index contributed by atoms with van der Waals surface area (Å²) in [7, 11) is 0. The second-order valence-electron chi connectivity index (χ2n) is 5.72. The van der Waals surface area contributed by atoms with Crippen LogP contribution in [0.5, 0.6) is 17.2 Å². The Bertz CT molecular complexity index is 802. The maximum absolute atomic E-state index is 6.02. The number of benzene rings is 2. The van der Waals surface area contributed by atoms with E-state index in [1.54, 1.807) is 6.07 Å². The molecule has 0 saturated heterocycles. The number of nitrogens with one attached hydrogen (secondary N) is 1. The van der Waals surface area contributed by atoms with E-state index in [1.165, 1.54) is 0 Å². The van der Waals surface area contributed by atoms with Crippen molar-refractivity contribution in [3.8, 4) is 17.2 Å². The number of anilines is 1. The van der Waals surface area contributed by atoms with Crippen LogP contribution >= 0.6 is 35.6 Å². The van der Waals surface area contributed by atoms with E-state index in [2.05, 4.69) is 10.3 Å². The lowest BCUT2D eigenvalue weighted by molar-refractivity contribution is 0.297. The Morgan fingerprint density at radius 2 is 1.96 bits per heavy atom. The molecule has 27 heavy (non-hydrogen) atoms. The van der Waals surface area contributed by atoms with Gasteiger partial charge >= 0.3 is 0 Å². The molecule has 0 spiro atoms. The molecule has 6 nitrogen and oxygen atoms in total. The number of halogens is 2. The lowest BCUT2D eigenvalue weighted by atomic mass is 10.2. The molecule has 3 N–H and O–H groups in total. The number of fused-ring (bicyclic) bond motifs is 1. The summed E-state index contributed by atoms with van der Waals surface area (Å²) in [6.07, 6.45) is 0.865. The Balaban J connectivity index is 0.00000261. The Morgan fingerprint density at radius 3 is 2.74 bits per heavy atom. The number of aliphatic imine (C=N–C) groups is 1. The quantitative estimate of drug-likeness (QED) is 0.358. The van der Waals surface area contributed by atoms with Crippen molar-refractivity contribution in [3.05, 3.63) is 47.0 Å². The minimum absolute atomic E-state index is 0. The van der Waals surface area contributed by atoms with Crippen molar-refractivity contribution >= 4 is 47.2 Å². The van der Waals surface area contributed by atoms with Crippen molar-refractivity contribution in [2.75, 3.05) is 25.1 Å². The van der Waals surface area contributed by atoms with Gasteiger partial charge in [0.05, 0.1) is 26.4 Å². The van der Waals surface area contributed by atoms with Gasteiger partial charge in [0, 0.05) is 28.8 Å². The summed E-state index contributed by atoms with van der Waals surface area (Å²) in [5.74, 6) is 2.46. The van der Waals surface area contributed by atoms with Gasteiger partial charge in [-0.2, -0.15) is 0 Å². The molecule has 0 fully saturated rings. The standard InChI is InChI=1S/C19H22ClN3O3.HI/c1-2-24-17-10-14(20)5-4-13(17)12-22-19(21)23-15-6-7-16-18(11-15)26-9-3-8-25-16;/h4-7,10-11H,2-3,8-9,12H2,1H3,(H3,21,22,23);1H. The second kappa shape index (κ2) is 10.5. The van der Waals surface area contributed by atoms with E-state index in [0.29, 0.717) is 48.8 Å². The summed E-state index contributed by atoms with van der Waals surface area (Å²) in [6.45, 7) is 4.16. The Morgan fingerprint density at radius 1 is 1.19 bits per heavy atom. The molecule has 2 aromatic carbocycles. The summed E-state index contributed by atoms with van der Waals surface area (Å²) in [5.41, 5.74) is 7.72. The molecule has 3 rings (SSSR count). The van der Waals surface area contributed by atoms with E-state index in [1.807, 2.05) is 37.3 Å². The van der Waals surface area contributed by atoms with Gasteiger partial charge < -0.3 is 25.3 Å². The highest BCUT2D eigenvalue weighted by molar-refractivity contribution is 14.0. The monoisotopic (exact) mass is 503 g/mol. The zero-order chi connectivity index (χ0) is 18.4. The molecule has 146 valence electrons. The molecule has 1 aliphatic heterocycles. The number of rotatable bonds is 5. The van der Waals surface area contributed by atoms with Gasteiger partial charge in [-0.05, 0) is 31.2 Å². The fraction of sp³-hybridized carbons (Fsp3) is 0.316. The summed E-state index contributed by atoms with van der Waals surface area (Å²) in [6, 6.07) is 11.1. The fourth-order valence-corrected chi connectivity index (χ4v) is 2.71. The van der Waals surface area contributed by atoms with Crippen LogP contribution < -0.4 is 25.3 Å². The Kier molecular flexibility index (Phi) is 8.30. The summed E-state index contributed by atoms with van der Waals surface area (Å²) >= 11 is 6.02. The smallest absolute Gasteiger partial charge is 0.193 e. The molecule has 1 heterocycles. The highest BCUT2D eigenvalue weighted by Gasteiger charge is 2.11. The third kappa shape index (κ3) is 6.07. The maximum atomic E-state index is 6.02. The van der Waals surface area contributed by atoms with Crippen LogP contribution in [0.2, 0.25) is 5.02 Å². The molecule has 1 aliphatic rings. The molecule has 0 aliphatic carbocycles. The third-order valence-corrected chi connectivity index (χ3v) is 4.00. The molecular weight excluding hydrogens is 481 g/mol. The minimum atomic E-state index is 0. The number of guanidine groups is 1. The normalized spacial score (nSPS) is 13.3. The zero-order valence-electron chi connectivity index (χ0n) is 15.0. The predicted octanol–water partition coefficient (Wildman–Crippen LogP) is 4.44. The van der Waals surface area contributed by atoms with Crippen LogP contribution in [0.1, 0.15) is 18.9 Å². The molecule has 8 heteroatoms. The van der Waals surface area contributed by atoms with Crippen molar-refractivity contribution in [1.29, 1.82) is 0 Å². The second-order valence-corrected chi connectivity index (χ2v) is 6.16. The first-order valence-corrected chi connectivity index (χ1v) is 8.91. The highest BCUT2D eigenvalue weighted by atomic mass is 127. The SMILES string of the molecule is CCOc1cc(Cl)ccc1CN=C(N)Nc1ccc2c(c1)OCCCO2.I. The molecule has 0 amide bonds. The molecule has 0 aromatic heterocycles. The van der Waals surface area contributed by atoms with Gasteiger partial charge in [0.15, 0.2) is 17.5 Å². The predicted molar refractivity (Wildman–Crippen MR) is 119 cm³/mol. The van der Waals surface area contributed by atoms with Crippen LogP contribution in [0.4, 0.5) is 5.69 Å². The van der Waals surface area contributed by atoms with Gasteiger partial charge in [0.2, 0.25) is 0 Å². The number of nitrogens with zero attached hydrogens (tertiary/aromatic N) is 1. The molecule has 0 saturated carbocycles. The summed E-state index contributed by atoms with van der Waals surface area (Å²) in [4.78, 5) is 4.38. The van der Waals surface area contributed by atoms with Gasteiger partial charge in [-0.15, -0.1) is 24.0 Å². The van der Waals surface area contributed by atoms with Crippen molar-refractivity contribution in [2.45, 2.75) is 19.9 Å². The van der Waals surface area contributed by atoms with E-state index in [9.17, 15) is 0 Å². The van der Waals surface area contributed by atoms with E-state index < -0.39 is 0 Å². The lowest BCUT2D eigenvalue weighted by Gasteiger charge is -2.11. The first-order chi connectivity index (χ1) is 12.7. The minimum Gasteiger partial charge on any atom is -0.493 e. The Labute approximate surface area is 181 Å².